The van der Waals surface area contributed by atoms with Gasteiger partial charge in [0.2, 0.25) is 5.91 Å². The predicted octanol–water partition coefficient (Wildman–Crippen LogP) is 5.16. The molecule has 9 nitrogen and oxygen atoms in total. The molecule has 2 bridgehead atoms. The summed E-state index contributed by atoms with van der Waals surface area (Å²) in [5.74, 6) is -0.907. The average Bonchev–Trinajstić information content (AvgIpc) is 3.04. The molecule has 2 N–H and O–H groups in total. The van der Waals surface area contributed by atoms with Gasteiger partial charge < -0.3 is 24.8 Å². The quantitative estimate of drug-likeness (QED) is 0.228. The Hall–Kier alpha value is -5.44. The minimum atomic E-state index is -0.561. The van der Waals surface area contributed by atoms with Gasteiger partial charge in [-0.15, -0.1) is 0 Å². The van der Waals surface area contributed by atoms with Crippen LogP contribution in [0.25, 0.3) is 6.08 Å². The number of methoxy groups -OCH3 is 1. The summed E-state index contributed by atoms with van der Waals surface area (Å²) in [4.78, 5) is 53.5. The summed E-state index contributed by atoms with van der Waals surface area (Å²) in [5.41, 5.74) is 4.08. The van der Waals surface area contributed by atoms with Crippen molar-refractivity contribution in [3.8, 4) is 0 Å². The Morgan fingerprint density at radius 3 is 2.45 bits per heavy atom. The highest BCUT2D eigenvalue weighted by atomic mass is 16.5. The van der Waals surface area contributed by atoms with E-state index in [0.29, 0.717) is 36.6 Å². The van der Waals surface area contributed by atoms with E-state index >= 15 is 0 Å². The lowest BCUT2D eigenvalue weighted by Gasteiger charge is -2.44. The standard InChI is InChI=1S/C35H32N4O5/c1-44-35(43)27-10-5-6-11-28(27)37-34(42)25-15-16-31(29(19-25)36-32(40)17-14-23-8-3-2-4-9-23)38-20-24-18-26(22-38)30-12-7-13-33(41)39(30)21-24/h2-17,19,24,26H,18,20-22H2,1H3,(H,36,40)(H,37,42). The second-order valence-electron chi connectivity index (χ2n) is 11.1. The number of esters is 1. The molecule has 1 fully saturated rings. The second-order valence-corrected chi connectivity index (χ2v) is 11.1. The summed E-state index contributed by atoms with van der Waals surface area (Å²) in [6.45, 7) is 2.02. The van der Waals surface area contributed by atoms with E-state index in [1.807, 2.05) is 53.1 Å². The normalized spacial score (nSPS) is 17.1. The molecule has 2 amide bonds. The number of hydrogen-bond acceptors (Lipinski definition) is 6. The number of fused-ring (bicyclic) bond motifs is 4. The van der Waals surface area contributed by atoms with Crippen molar-refractivity contribution in [2.45, 2.75) is 18.9 Å². The zero-order valence-electron chi connectivity index (χ0n) is 24.2. The molecule has 0 spiro atoms. The lowest BCUT2D eigenvalue weighted by molar-refractivity contribution is -0.111. The third-order valence-corrected chi connectivity index (χ3v) is 8.14. The maximum atomic E-state index is 13.4. The average molecular weight is 589 g/mol. The van der Waals surface area contributed by atoms with Crippen LogP contribution in [0.5, 0.6) is 0 Å². The van der Waals surface area contributed by atoms with Crippen LogP contribution in [0.2, 0.25) is 0 Å². The Kier molecular flexibility index (Phi) is 8.10. The fourth-order valence-electron chi connectivity index (χ4n) is 6.13. The van der Waals surface area contributed by atoms with Crippen molar-refractivity contribution in [2.75, 3.05) is 35.7 Å². The number of amides is 2. The Morgan fingerprint density at radius 1 is 0.841 bits per heavy atom. The Bertz CT molecular complexity index is 1810. The first-order valence-corrected chi connectivity index (χ1v) is 14.5. The van der Waals surface area contributed by atoms with Crippen molar-refractivity contribution in [1.82, 2.24) is 4.57 Å². The lowest BCUT2D eigenvalue weighted by atomic mass is 9.83. The molecular formula is C35H32N4O5. The molecule has 2 aliphatic heterocycles. The lowest BCUT2D eigenvalue weighted by Crippen LogP contribution is -2.47. The molecule has 4 aromatic rings. The van der Waals surface area contributed by atoms with E-state index in [9.17, 15) is 19.2 Å². The van der Waals surface area contributed by atoms with Gasteiger partial charge in [-0.25, -0.2) is 4.79 Å². The molecule has 6 rings (SSSR count). The number of para-hydroxylation sites is 1. The molecule has 2 atom stereocenters. The van der Waals surface area contributed by atoms with Crippen LogP contribution in [0.4, 0.5) is 17.1 Å². The van der Waals surface area contributed by atoms with Crippen LogP contribution in [0, 0.1) is 5.92 Å². The molecule has 3 aromatic carbocycles. The van der Waals surface area contributed by atoms with Crippen LogP contribution in [0.3, 0.4) is 0 Å². The second kappa shape index (κ2) is 12.4. The van der Waals surface area contributed by atoms with Gasteiger partial charge in [0.1, 0.15) is 0 Å². The van der Waals surface area contributed by atoms with Gasteiger partial charge in [0.25, 0.3) is 11.5 Å². The zero-order valence-corrected chi connectivity index (χ0v) is 24.2. The van der Waals surface area contributed by atoms with Crippen molar-refractivity contribution >= 4 is 40.9 Å². The first-order valence-electron chi connectivity index (χ1n) is 14.5. The van der Waals surface area contributed by atoms with E-state index in [-0.39, 0.29) is 28.9 Å². The van der Waals surface area contributed by atoms with Crippen LogP contribution in [-0.2, 0) is 16.1 Å². The van der Waals surface area contributed by atoms with E-state index in [0.717, 1.165) is 23.4 Å². The summed E-state index contributed by atoms with van der Waals surface area (Å²) in [6, 6.07) is 26.8. The third-order valence-electron chi connectivity index (χ3n) is 8.14. The van der Waals surface area contributed by atoms with Crippen molar-refractivity contribution in [3.63, 3.8) is 0 Å². The highest BCUT2D eigenvalue weighted by Crippen LogP contribution is 2.39. The molecule has 3 heterocycles. The number of carbonyl (C=O) groups is 3. The molecule has 44 heavy (non-hydrogen) atoms. The number of hydrogen-bond donors (Lipinski definition) is 2. The number of anilines is 3. The molecule has 2 aliphatic rings. The highest BCUT2D eigenvalue weighted by molar-refractivity contribution is 6.10. The van der Waals surface area contributed by atoms with Gasteiger partial charge in [0.15, 0.2) is 0 Å². The van der Waals surface area contributed by atoms with Crippen LogP contribution in [0.1, 0.15) is 44.3 Å². The van der Waals surface area contributed by atoms with Gasteiger partial charge >= 0.3 is 5.97 Å². The largest absolute Gasteiger partial charge is 0.465 e. The summed E-state index contributed by atoms with van der Waals surface area (Å²) in [7, 11) is 1.28. The SMILES string of the molecule is COC(=O)c1ccccc1NC(=O)c1ccc(N2CC3CC(C2)c2cccc(=O)n2C3)c(NC(=O)C=Cc2ccccc2)c1. The monoisotopic (exact) mass is 588 g/mol. The Balaban J connectivity index is 1.31. The molecule has 0 radical (unpaired) electrons. The third kappa shape index (κ3) is 6.03. The smallest absolute Gasteiger partial charge is 0.339 e. The van der Waals surface area contributed by atoms with Crippen LogP contribution < -0.4 is 21.1 Å². The first kappa shape index (κ1) is 28.7. The highest BCUT2D eigenvalue weighted by Gasteiger charge is 2.35. The minimum Gasteiger partial charge on any atom is -0.465 e. The predicted molar refractivity (Wildman–Crippen MR) is 170 cm³/mol. The number of benzene rings is 3. The minimum absolute atomic E-state index is 0.0212. The molecule has 222 valence electrons. The van der Waals surface area contributed by atoms with Crippen molar-refractivity contribution < 1.29 is 19.1 Å². The summed E-state index contributed by atoms with van der Waals surface area (Å²) in [6.07, 6.45) is 4.18. The van der Waals surface area contributed by atoms with E-state index < -0.39 is 11.9 Å². The number of aromatic nitrogens is 1. The maximum absolute atomic E-state index is 13.4. The van der Waals surface area contributed by atoms with Gasteiger partial charge in [-0.2, -0.15) is 0 Å². The molecule has 0 aliphatic carbocycles. The first-order chi connectivity index (χ1) is 21.4. The summed E-state index contributed by atoms with van der Waals surface area (Å²) < 4.78 is 6.74. The molecule has 2 unspecified atom stereocenters. The summed E-state index contributed by atoms with van der Waals surface area (Å²) in [5, 5.41) is 5.80. The maximum Gasteiger partial charge on any atom is 0.339 e. The van der Waals surface area contributed by atoms with Crippen LogP contribution in [-0.4, -0.2) is 42.6 Å². The fraction of sp³-hybridized carbons (Fsp3) is 0.200. The van der Waals surface area contributed by atoms with Crippen molar-refractivity contribution in [1.29, 1.82) is 0 Å². The van der Waals surface area contributed by atoms with Gasteiger partial charge in [0.05, 0.1) is 29.7 Å². The van der Waals surface area contributed by atoms with E-state index in [1.54, 1.807) is 48.5 Å². The molecule has 9 heteroatoms. The molecule has 1 saturated heterocycles. The van der Waals surface area contributed by atoms with Gasteiger partial charge in [-0.1, -0.05) is 48.5 Å². The number of pyridine rings is 1. The van der Waals surface area contributed by atoms with E-state index in [4.69, 9.17) is 4.74 Å². The van der Waals surface area contributed by atoms with Crippen molar-refractivity contribution in [2.24, 2.45) is 5.92 Å². The van der Waals surface area contributed by atoms with E-state index in [2.05, 4.69) is 15.5 Å². The topological polar surface area (TPSA) is 110 Å². The van der Waals surface area contributed by atoms with Gasteiger partial charge in [-0.05, 0) is 60.4 Å². The Morgan fingerprint density at radius 2 is 1.64 bits per heavy atom. The van der Waals surface area contributed by atoms with Gasteiger partial charge in [0, 0.05) is 49.0 Å². The van der Waals surface area contributed by atoms with Crippen LogP contribution in [0.15, 0.2) is 102 Å². The molecular weight excluding hydrogens is 556 g/mol. The zero-order chi connectivity index (χ0) is 30.6. The number of ether oxygens (including phenoxy) is 1. The molecule has 1 aromatic heterocycles. The van der Waals surface area contributed by atoms with Crippen LogP contribution >= 0.6 is 0 Å². The number of nitrogens with one attached hydrogen (secondary N) is 2. The summed E-state index contributed by atoms with van der Waals surface area (Å²) >= 11 is 0. The van der Waals surface area contributed by atoms with E-state index in [1.165, 1.54) is 13.2 Å². The fourth-order valence-corrected chi connectivity index (χ4v) is 6.13. The van der Waals surface area contributed by atoms with Crippen molar-refractivity contribution in [3.05, 3.63) is 130 Å². The molecule has 0 saturated carbocycles. The Labute approximate surface area is 254 Å². The number of nitrogens with zero attached hydrogens (tertiary/aromatic N) is 2. The number of carbonyl (C=O) groups excluding carboxylic acids is 3. The number of piperidine rings is 1. The number of rotatable bonds is 7. The van der Waals surface area contributed by atoms with Gasteiger partial charge in [-0.3, -0.25) is 14.4 Å².